The zero-order chi connectivity index (χ0) is 17.4. The van der Waals surface area contributed by atoms with Gasteiger partial charge in [0.15, 0.2) is 5.11 Å². The van der Waals surface area contributed by atoms with Gasteiger partial charge >= 0.3 is 0 Å². The molecule has 0 aromatic heterocycles. The van der Waals surface area contributed by atoms with E-state index in [0.717, 1.165) is 5.56 Å². The first-order valence-electron chi connectivity index (χ1n) is 6.88. The van der Waals surface area contributed by atoms with Crippen molar-refractivity contribution < 1.29 is 13.2 Å². The molecule has 0 atom stereocenters. The lowest BCUT2D eigenvalue weighted by Gasteiger charge is -2.10. The van der Waals surface area contributed by atoms with Crippen molar-refractivity contribution in [2.75, 3.05) is 0 Å². The number of thiocarbonyl (C=S) groups is 1. The molecule has 0 aliphatic rings. The summed E-state index contributed by atoms with van der Waals surface area (Å²) < 4.78 is 23.9. The first-order chi connectivity index (χ1) is 11.5. The smallest absolute Gasteiger partial charge is 0.257 e. The van der Waals surface area contributed by atoms with E-state index in [9.17, 15) is 13.2 Å². The molecule has 3 N–H and O–H groups in total. The van der Waals surface area contributed by atoms with Crippen molar-refractivity contribution >= 4 is 39.3 Å². The molecule has 0 saturated carbocycles. The summed E-state index contributed by atoms with van der Waals surface area (Å²) in [6.07, 6.45) is 2.92. The van der Waals surface area contributed by atoms with Crippen LogP contribution in [0.25, 0.3) is 6.08 Å². The summed E-state index contributed by atoms with van der Waals surface area (Å²) in [5, 5.41) is 2.19. The summed E-state index contributed by atoms with van der Waals surface area (Å²) >= 11 is 4.88. The lowest BCUT2D eigenvalue weighted by Crippen LogP contribution is -2.48. The lowest BCUT2D eigenvalue weighted by atomic mass is 10.2. The lowest BCUT2D eigenvalue weighted by molar-refractivity contribution is -0.115. The molecule has 2 aromatic rings. The highest BCUT2D eigenvalue weighted by Gasteiger charge is 2.13. The van der Waals surface area contributed by atoms with Gasteiger partial charge in [-0.1, -0.05) is 48.5 Å². The van der Waals surface area contributed by atoms with Crippen molar-refractivity contribution in [2.45, 2.75) is 4.90 Å². The Labute approximate surface area is 145 Å². The predicted molar refractivity (Wildman–Crippen MR) is 96.1 cm³/mol. The molecule has 6 nitrogen and oxygen atoms in total. The van der Waals surface area contributed by atoms with Gasteiger partial charge in [0.05, 0.1) is 4.90 Å². The number of sulfonamides is 1. The van der Waals surface area contributed by atoms with Gasteiger partial charge in [-0.15, -0.1) is 4.83 Å². The molecule has 1 amide bonds. The van der Waals surface area contributed by atoms with Crippen LogP contribution in [0.15, 0.2) is 71.6 Å². The van der Waals surface area contributed by atoms with Gasteiger partial charge in [0.2, 0.25) is 5.91 Å². The van der Waals surface area contributed by atoms with E-state index in [0.29, 0.717) is 0 Å². The van der Waals surface area contributed by atoms with Crippen molar-refractivity contribution in [3.05, 3.63) is 72.3 Å². The number of amides is 1. The molecule has 8 heteroatoms. The highest BCUT2D eigenvalue weighted by atomic mass is 32.2. The van der Waals surface area contributed by atoms with Crippen molar-refractivity contribution in [3.63, 3.8) is 0 Å². The molecular weight excluding hydrogens is 346 g/mol. The molecule has 0 unspecified atom stereocenters. The number of rotatable bonds is 5. The van der Waals surface area contributed by atoms with Crippen LogP contribution in [0.2, 0.25) is 0 Å². The van der Waals surface area contributed by atoms with E-state index in [2.05, 4.69) is 15.6 Å². The van der Waals surface area contributed by atoms with Gasteiger partial charge in [-0.05, 0) is 36.0 Å². The Morgan fingerprint density at radius 1 is 0.958 bits per heavy atom. The molecule has 0 aliphatic carbocycles. The standard InChI is InChI=1S/C16H15N3O3S2/c20-15(12-11-13-7-3-1-4-8-13)17-16(23)18-19-24(21,22)14-9-5-2-6-10-14/h1-12,19H,(H2,17,18,20,23). The number of carbonyl (C=O) groups is 1. The maximum Gasteiger partial charge on any atom is 0.257 e. The van der Waals surface area contributed by atoms with Crippen molar-refractivity contribution in [1.29, 1.82) is 0 Å². The van der Waals surface area contributed by atoms with Crippen LogP contribution in [-0.4, -0.2) is 19.4 Å². The zero-order valence-corrected chi connectivity index (χ0v) is 14.1. The van der Waals surface area contributed by atoms with E-state index in [1.165, 1.54) is 18.2 Å². The molecule has 0 fully saturated rings. The predicted octanol–water partition coefficient (Wildman–Crippen LogP) is 1.58. The first-order valence-corrected chi connectivity index (χ1v) is 8.77. The molecule has 0 aliphatic heterocycles. The van der Waals surface area contributed by atoms with Crippen LogP contribution in [0.1, 0.15) is 5.56 Å². The Morgan fingerprint density at radius 2 is 1.54 bits per heavy atom. The SMILES string of the molecule is O=C(C=Cc1ccccc1)NC(=S)NNS(=O)(=O)c1ccccc1. The maximum absolute atomic E-state index is 12.0. The molecule has 0 saturated heterocycles. The summed E-state index contributed by atoms with van der Waals surface area (Å²) in [5.74, 6) is -0.477. The third kappa shape index (κ3) is 5.58. The van der Waals surface area contributed by atoms with Crippen LogP contribution in [0.3, 0.4) is 0 Å². The molecule has 2 aromatic carbocycles. The van der Waals surface area contributed by atoms with Crippen LogP contribution in [0.4, 0.5) is 0 Å². The molecule has 0 radical (unpaired) electrons. The second-order valence-corrected chi connectivity index (χ2v) is 6.70. The summed E-state index contributed by atoms with van der Waals surface area (Å²) in [5.41, 5.74) is 3.14. The van der Waals surface area contributed by atoms with Gasteiger partial charge < -0.3 is 0 Å². The Hall–Kier alpha value is -2.55. The molecule has 0 spiro atoms. The van der Waals surface area contributed by atoms with Crippen LogP contribution in [0, 0.1) is 0 Å². The van der Waals surface area contributed by atoms with E-state index in [-0.39, 0.29) is 10.0 Å². The third-order valence-corrected chi connectivity index (χ3v) is 4.28. The van der Waals surface area contributed by atoms with Crippen molar-refractivity contribution in [3.8, 4) is 0 Å². The average molecular weight is 361 g/mol. The van der Waals surface area contributed by atoms with E-state index in [1.807, 2.05) is 30.3 Å². The Morgan fingerprint density at radius 3 is 2.17 bits per heavy atom. The van der Waals surface area contributed by atoms with Crippen LogP contribution in [0.5, 0.6) is 0 Å². The quantitative estimate of drug-likeness (QED) is 0.428. The van der Waals surface area contributed by atoms with Gasteiger partial charge in [0.1, 0.15) is 0 Å². The van der Waals surface area contributed by atoms with Crippen molar-refractivity contribution in [1.82, 2.24) is 15.6 Å². The van der Waals surface area contributed by atoms with E-state index >= 15 is 0 Å². The van der Waals surface area contributed by atoms with Gasteiger partial charge in [-0.3, -0.25) is 15.5 Å². The largest absolute Gasteiger partial charge is 0.298 e. The van der Waals surface area contributed by atoms with Crippen LogP contribution >= 0.6 is 12.2 Å². The van der Waals surface area contributed by atoms with Gasteiger partial charge in [0.25, 0.3) is 10.0 Å². The van der Waals surface area contributed by atoms with Crippen LogP contribution in [-0.2, 0) is 14.8 Å². The Bertz CT molecular complexity index is 835. The fourth-order valence-corrected chi connectivity index (χ4v) is 2.78. The minimum Gasteiger partial charge on any atom is -0.298 e. The zero-order valence-electron chi connectivity index (χ0n) is 12.5. The monoisotopic (exact) mass is 361 g/mol. The van der Waals surface area contributed by atoms with Gasteiger partial charge in [0, 0.05) is 6.08 Å². The summed E-state index contributed by atoms with van der Waals surface area (Å²) in [6.45, 7) is 0. The Balaban J connectivity index is 1.85. The molecule has 124 valence electrons. The van der Waals surface area contributed by atoms with Gasteiger partial charge in [-0.2, -0.15) is 0 Å². The molecule has 0 bridgehead atoms. The van der Waals surface area contributed by atoms with Gasteiger partial charge in [-0.25, -0.2) is 8.42 Å². The molecule has 2 rings (SSSR count). The van der Waals surface area contributed by atoms with E-state index in [4.69, 9.17) is 12.2 Å². The second-order valence-electron chi connectivity index (χ2n) is 4.61. The molecule has 24 heavy (non-hydrogen) atoms. The van der Waals surface area contributed by atoms with E-state index in [1.54, 1.807) is 24.3 Å². The fraction of sp³-hybridized carbons (Fsp3) is 0. The number of hydrazine groups is 1. The number of hydrogen-bond donors (Lipinski definition) is 3. The summed E-state index contributed by atoms with van der Waals surface area (Å²) in [7, 11) is -3.76. The maximum atomic E-state index is 12.0. The normalized spacial score (nSPS) is 11.2. The molecular formula is C16H15N3O3S2. The number of benzene rings is 2. The first kappa shape index (κ1) is 17.8. The highest BCUT2D eigenvalue weighted by molar-refractivity contribution is 7.89. The minimum absolute atomic E-state index is 0.0793. The average Bonchev–Trinajstić information content (AvgIpc) is 2.60. The topological polar surface area (TPSA) is 87.3 Å². The van der Waals surface area contributed by atoms with E-state index < -0.39 is 15.9 Å². The Kier molecular flexibility index (Phi) is 6.19. The van der Waals surface area contributed by atoms with Crippen molar-refractivity contribution in [2.24, 2.45) is 0 Å². The number of hydrogen-bond acceptors (Lipinski definition) is 4. The number of carbonyl (C=O) groups excluding carboxylic acids is 1. The fourth-order valence-electron chi connectivity index (χ4n) is 1.69. The summed E-state index contributed by atoms with van der Waals surface area (Å²) in [4.78, 5) is 13.9. The third-order valence-electron chi connectivity index (χ3n) is 2.82. The second kappa shape index (κ2) is 8.34. The van der Waals surface area contributed by atoms with Crippen LogP contribution < -0.4 is 15.6 Å². The minimum atomic E-state index is -3.76. The highest BCUT2D eigenvalue weighted by Crippen LogP contribution is 2.05. The summed E-state index contributed by atoms with van der Waals surface area (Å²) in [6, 6.07) is 17.0. The molecule has 0 heterocycles. The number of nitrogens with one attached hydrogen (secondary N) is 3.